The molecular formula is C26H25N7O. The van der Waals surface area contributed by atoms with Crippen LogP contribution >= 0.6 is 0 Å². The Hall–Kier alpha value is -4.33. The van der Waals surface area contributed by atoms with Crippen LogP contribution in [0.2, 0.25) is 0 Å². The lowest BCUT2D eigenvalue weighted by atomic mass is 10.0. The Morgan fingerprint density at radius 2 is 1.68 bits per heavy atom. The number of imidazole rings is 1. The van der Waals surface area contributed by atoms with E-state index in [1.807, 2.05) is 83.7 Å². The quantitative estimate of drug-likeness (QED) is 0.386. The first-order valence-electron chi connectivity index (χ1n) is 11.3. The molecule has 3 aromatic heterocycles. The summed E-state index contributed by atoms with van der Waals surface area (Å²) in [5.74, 6) is 0.525. The third-order valence-electron chi connectivity index (χ3n) is 5.78. The molecule has 3 heterocycles. The number of hydrogen-bond acceptors (Lipinski definition) is 5. The van der Waals surface area contributed by atoms with Gasteiger partial charge in [0, 0.05) is 29.2 Å². The molecule has 1 N–H and O–H groups in total. The Morgan fingerprint density at radius 1 is 0.882 bits per heavy atom. The monoisotopic (exact) mass is 451 g/mol. The molecular weight excluding hydrogens is 426 g/mol. The van der Waals surface area contributed by atoms with Crippen molar-refractivity contribution in [3.8, 4) is 22.6 Å². The standard InChI is InChI=1S/C26H25N7O/c1-2-8-21-18-32(16-19-9-4-3-5-10-19)26(34)33(21)17-20-13-14-24(27-15-20)22-11-6-7-12-23(22)25-28-30-31-29-25/h3-7,9-15,18H,2,8,16-17H2,1H3,(H,28,29,30,31). The largest absolute Gasteiger partial charge is 0.328 e. The lowest BCUT2D eigenvalue weighted by Gasteiger charge is -2.09. The smallest absolute Gasteiger partial charge is 0.295 e. The normalized spacial score (nSPS) is 11.1. The average molecular weight is 452 g/mol. The summed E-state index contributed by atoms with van der Waals surface area (Å²) in [6.07, 6.45) is 5.64. The minimum absolute atomic E-state index is 0.00108. The van der Waals surface area contributed by atoms with E-state index in [1.165, 1.54) is 0 Å². The van der Waals surface area contributed by atoms with Crippen LogP contribution in [0.25, 0.3) is 22.6 Å². The van der Waals surface area contributed by atoms with Crippen LogP contribution in [-0.2, 0) is 19.5 Å². The first-order valence-corrected chi connectivity index (χ1v) is 11.3. The molecule has 8 heteroatoms. The Labute approximate surface area is 196 Å². The minimum atomic E-state index is -0.00108. The van der Waals surface area contributed by atoms with Crippen LogP contribution in [0.3, 0.4) is 0 Å². The summed E-state index contributed by atoms with van der Waals surface area (Å²) >= 11 is 0. The second-order valence-corrected chi connectivity index (χ2v) is 8.19. The second kappa shape index (κ2) is 9.66. The molecule has 0 radical (unpaired) electrons. The van der Waals surface area contributed by atoms with Crippen molar-refractivity contribution in [3.05, 3.63) is 106 Å². The van der Waals surface area contributed by atoms with Gasteiger partial charge < -0.3 is 0 Å². The average Bonchev–Trinajstić information content (AvgIpc) is 3.51. The molecule has 0 bridgehead atoms. The van der Waals surface area contributed by atoms with Gasteiger partial charge in [-0.2, -0.15) is 5.21 Å². The van der Waals surface area contributed by atoms with Crippen molar-refractivity contribution in [1.29, 1.82) is 0 Å². The molecule has 2 aromatic carbocycles. The van der Waals surface area contributed by atoms with E-state index in [0.717, 1.165) is 46.5 Å². The predicted molar refractivity (Wildman–Crippen MR) is 130 cm³/mol. The molecule has 0 saturated heterocycles. The molecule has 0 fully saturated rings. The van der Waals surface area contributed by atoms with Gasteiger partial charge in [-0.05, 0) is 28.8 Å². The highest BCUT2D eigenvalue weighted by Crippen LogP contribution is 2.28. The second-order valence-electron chi connectivity index (χ2n) is 8.19. The molecule has 0 amide bonds. The van der Waals surface area contributed by atoms with Crippen molar-refractivity contribution < 1.29 is 0 Å². The third-order valence-corrected chi connectivity index (χ3v) is 5.78. The molecule has 0 saturated carbocycles. The number of aryl methyl sites for hydroxylation is 1. The summed E-state index contributed by atoms with van der Waals surface area (Å²) in [4.78, 5) is 17.9. The number of rotatable bonds is 8. The van der Waals surface area contributed by atoms with Crippen LogP contribution in [0.15, 0.2) is 83.9 Å². The Balaban J connectivity index is 1.42. The fourth-order valence-electron chi connectivity index (χ4n) is 4.14. The fourth-order valence-corrected chi connectivity index (χ4v) is 4.14. The first-order chi connectivity index (χ1) is 16.7. The molecule has 0 aliphatic rings. The number of benzene rings is 2. The zero-order valence-electron chi connectivity index (χ0n) is 18.9. The lowest BCUT2D eigenvalue weighted by Crippen LogP contribution is -2.26. The van der Waals surface area contributed by atoms with Gasteiger partial charge in [-0.15, -0.1) is 10.2 Å². The van der Waals surface area contributed by atoms with E-state index in [-0.39, 0.29) is 5.69 Å². The van der Waals surface area contributed by atoms with Gasteiger partial charge in [0.1, 0.15) is 0 Å². The number of hydrogen-bond donors (Lipinski definition) is 1. The predicted octanol–water partition coefficient (Wildman–Crippen LogP) is 3.94. The van der Waals surface area contributed by atoms with E-state index >= 15 is 0 Å². The van der Waals surface area contributed by atoms with E-state index in [9.17, 15) is 4.79 Å². The molecule has 0 spiro atoms. The maximum Gasteiger partial charge on any atom is 0.328 e. The third kappa shape index (κ3) is 4.43. The zero-order valence-corrected chi connectivity index (χ0v) is 18.9. The van der Waals surface area contributed by atoms with Crippen molar-refractivity contribution in [2.75, 3.05) is 0 Å². The molecule has 34 heavy (non-hydrogen) atoms. The highest BCUT2D eigenvalue weighted by molar-refractivity contribution is 5.78. The van der Waals surface area contributed by atoms with Crippen LogP contribution in [-0.4, -0.2) is 34.7 Å². The number of nitrogens with zero attached hydrogens (tertiary/aromatic N) is 6. The number of H-pyrrole nitrogens is 1. The zero-order chi connectivity index (χ0) is 23.3. The van der Waals surface area contributed by atoms with Crippen molar-refractivity contribution in [3.63, 3.8) is 0 Å². The summed E-state index contributed by atoms with van der Waals surface area (Å²) in [5.41, 5.74) is 5.71. The van der Waals surface area contributed by atoms with E-state index < -0.39 is 0 Å². The van der Waals surface area contributed by atoms with E-state index in [2.05, 4.69) is 32.5 Å². The molecule has 8 nitrogen and oxygen atoms in total. The van der Waals surface area contributed by atoms with Gasteiger partial charge in [0.25, 0.3) is 0 Å². The summed E-state index contributed by atoms with van der Waals surface area (Å²) in [5, 5.41) is 14.4. The minimum Gasteiger partial charge on any atom is -0.295 e. The molecule has 0 aliphatic carbocycles. The van der Waals surface area contributed by atoms with Gasteiger partial charge in [0.2, 0.25) is 5.82 Å². The van der Waals surface area contributed by atoms with Gasteiger partial charge in [0.05, 0.1) is 18.8 Å². The van der Waals surface area contributed by atoms with Crippen molar-refractivity contribution >= 4 is 0 Å². The Bertz CT molecular complexity index is 1420. The number of tetrazole rings is 1. The van der Waals surface area contributed by atoms with E-state index in [1.54, 1.807) is 4.57 Å². The van der Waals surface area contributed by atoms with E-state index in [4.69, 9.17) is 0 Å². The SMILES string of the molecule is CCCc1cn(Cc2ccccc2)c(=O)n1Cc1ccc(-c2ccccc2-c2nn[nH]n2)nc1. The van der Waals surface area contributed by atoms with Crippen LogP contribution < -0.4 is 5.69 Å². The van der Waals surface area contributed by atoms with Crippen LogP contribution in [0, 0.1) is 0 Å². The number of aromatic amines is 1. The lowest BCUT2D eigenvalue weighted by molar-refractivity contribution is 0.662. The van der Waals surface area contributed by atoms with Crippen molar-refractivity contribution in [2.45, 2.75) is 32.9 Å². The van der Waals surface area contributed by atoms with Crippen molar-refractivity contribution in [1.82, 2.24) is 34.7 Å². The highest BCUT2D eigenvalue weighted by atomic mass is 16.1. The topological polar surface area (TPSA) is 94.3 Å². The summed E-state index contributed by atoms with van der Waals surface area (Å²) in [6, 6.07) is 21.9. The molecule has 5 rings (SSSR count). The van der Waals surface area contributed by atoms with Crippen LogP contribution in [0.1, 0.15) is 30.2 Å². The molecule has 0 aliphatic heterocycles. The van der Waals surface area contributed by atoms with Gasteiger partial charge in [-0.1, -0.05) is 74.0 Å². The summed E-state index contributed by atoms with van der Waals surface area (Å²) in [6.45, 7) is 3.17. The van der Waals surface area contributed by atoms with Crippen LogP contribution in [0.4, 0.5) is 0 Å². The maximum absolute atomic E-state index is 13.2. The van der Waals surface area contributed by atoms with E-state index in [0.29, 0.717) is 18.9 Å². The van der Waals surface area contributed by atoms with Gasteiger partial charge in [0.15, 0.2) is 0 Å². The summed E-state index contributed by atoms with van der Waals surface area (Å²) in [7, 11) is 0. The summed E-state index contributed by atoms with van der Waals surface area (Å²) < 4.78 is 3.65. The van der Waals surface area contributed by atoms with Gasteiger partial charge in [-0.25, -0.2) is 4.79 Å². The molecule has 5 aromatic rings. The maximum atomic E-state index is 13.2. The molecule has 0 unspecified atom stereocenters. The fraction of sp³-hybridized carbons (Fsp3) is 0.192. The number of aromatic nitrogens is 7. The number of nitrogens with one attached hydrogen (secondary N) is 1. The van der Waals surface area contributed by atoms with Crippen LogP contribution in [0.5, 0.6) is 0 Å². The Kier molecular flexibility index (Phi) is 6.11. The highest BCUT2D eigenvalue weighted by Gasteiger charge is 2.14. The Morgan fingerprint density at radius 3 is 2.38 bits per heavy atom. The van der Waals surface area contributed by atoms with Gasteiger partial charge >= 0.3 is 5.69 Å². The first kappa shape index (κ1) is 21.5. The molecule has 170 valence electrons. The number of pyridine rings is 1. The van der Waals surface area contributed by atoms with Gasteiger partial charge in [-0.3, -0.25) is 14.1 Å². The van der Waals surface area contributed by atoms with Crippen molar-refractivity contribution in [2.24, 2.45) is 0 Å². The molecule has 0 atom stereocenters.